The number of nitrogens with one attached hydrogen (secondary N) is 2. The molecule has 3 rings (SSSR count). The number of rotatable bonds is 8. The Hall–Kier alpha value is -3.06. The lowest BCUT2D eigenvalue weighted by molar-refractivity contribution is -0.143. The molecule has 8 heteroatoms. The van der Waals surface area contributed by atoms with E-state index in [1.807, 2.05) is 13.0 Å². The molecule has 2 amide bonds. The van der Waals surface area contributed by atoms with Gasteiger partial charge < -0.3 is 20.5 Å². The summed E-state index contributed by atoms with van der Waals surface area (Å²) in [7, 11) is 0. The fourth-order valence-corrected chi connectivity index (χ4v) is 3.95. The van der Waals surface area contributed by atoms with Crippen molar-refractivity contribution in [2.24, 2.45) is 5.92 Å². The van der Waals surface area contributed by atoms with Gasteiger partial charge in [0.25, 0.3) is 11.8 Å². The Bertz CT molecular complexity index is 986. The summed E-state index contributed by atoms with van der Waals surface area (Å²) >= 11 is 5.89. The molecule has 0 aliphatic heterocycles. The molecule has 1 fully saturated rings. The van der Waals surface area contributed by atoms with Crippen molar-refractivity contribution < 1.29 is 24.2 Å². The molecular formula is C24H27ClN2O5. The minimum Gasteiger partial charge on any atom is -0.490 e. The van der Waals surface area contributed by atoms with E-state index in [1.54, 1.807) is 36.4 Å². The fourth-order valence-electron chi connectivity index (χ4n) is 3.76. The van der Waals surface area contributed by atoms with Crippen LogP contribution in [0.5, 0.6) is 5.75 Å². The number of halogens is 1. The molecule has 0 heterocycles. The molecule has 1 aliphatic carbocycles. The van der Waals surface area contributed by atoms with Gasteiger partial charge in [-0.1, -0.05) is 17.7 Å². The summed E-state index contributed by atoms with van der Waals surface area (Å²) in [4.78, 5) is 35.6. The lowest BCUT2D eigenvalue weighted by Gasteiger charge is -2.27. The zero-order chi connectivity index (χ0) is 23.1. The highest BCUT2D eigenvalue weighted by molar-refractivity contribution is 6.30. The summed E-state index contributed by atoms with van der Waals surface area (Å²) in [5.41, 5.74) is 1.78. The zero-order valence-corrected chi connectivity index (χ0v) is 18.7. The van der Waals surface area contributed by atoms with E-state index in [9.17, 15) is 14.4 Å². The number of hydrogen-bond donors (Lipinski definition) is 3. The Balaban J connectivity index is 1.44. The number of carboxylic acids is 1. The molecule has 0 spiro atoms. The van der Waals surface area contributed by atoms with Crippen molar-refractivity contribution >= 4 is 29.4 Å². The van der Waals surface area contributed by atoms with Gasteiger partial charge in [0.2, 0.25) is 0 Å². The monoisotopic (exact) mass is 458 g/mol. The Morgan fingerprint density at radius 1 is 1.00 bits per heavy atom. The minimum absolute atomic E-state index is 0.00668. The van der Waals surface area contributed by atoms with Gasteiger partial charge >= 0.3 is 5.97 Å². The van der Waals surface area contributed by atoms with Crippen LogP contribution in [-0.4, -0.2) is 42.1 Å². The highest BCUT2D eigenvalue weighted by Gasteiger charge is 2.27. The molecule has 0 saturated heterocycles. The van der Waals surface area contributed by atoms with Crippen molar-refractivity contribution in [1.29, 1.82) is 0 Å². The molecule has 32 heavy (non-hydrogen) atoms. The summed E-state index contributed by atoms with van der Waals surface area (Å²) in [5, 5.41) is 15.1. The maximum atomic E-state index is 12.5. The molecule has 0 atom stereocenters. The SMILES string of the molecule is Cc1cc(O[C@H]2CC[C@@H](C(=O)O)CC2)ccc1C(=O)NCCNC(=O)c1cccc(Cl)c1. The average molecular weight is 459 g/mol. The molecule has 7 nitrogen and oxygen atoms in total. The third-order valence-electron chi connectivity index (χ3n) is 5.55. The molecule has 1 aliphatic rings. The molecule has 0 bridgehead atoms. The van der Waals surface area contributed by atoms with E-state index in [-0.39, 0.29) is 36.9 Å². The van der Waals surface area contributed by atoms with Crippen molar-refractivity contribution in [1.82, 2.24) is 10.6 Å². The Kier molecular flexibility index (Phi) is 8.11. The largest absolute Gasteiger partial charge is 0.490 e. The highest BCUT2D eigenvalue weighted by Crippen LogP contribution is 2.28. The molecule has 2 aromatic carbocycles. The van der Waals surface area contributed by atoms with E-state index in [4.69, 9.17) is 21.4 Å². The number of aliphatic carboxylic acids is 1. The summed E-state index contributed by atoms with van der Waals surface area (Å²) < 4.78 is 5.99. The van der Waals surface area contributed by atoms with E-state index >= 15 is 0 Å². The van der Waals surface area contributed by atoms with Crippen molar-refractivity contribution in [2.45, 2.75) is 38.7 Å². The smallest absolute Gasteiger partial charge is 0.306 e. The number of ether oxygens (including phenoxy) is 1. The van der Waals surface area contributed by atoms with Gasteiger partial charge in [-0.3, -0.25) is 14.4 Å². The second-order valence-electron chi connectivity index (χ2n) is 7.93. The topological polar surface area (TPSA) is 105 Å². The van der Waals surface area contributed by atoms with Crippen LogP contribution < -0.4 is 15.4 Å². The Labute approximate surface area is 192 Å². The average Bonchev–Trinajstić information content (AvgIpc) is 2.77. The molecule has 0 aromatic heterocycles. The lowest BCUT2D eigenvalue weighted by Crippen LogP contribution is -2.35. The Morgan fingerprint density at radius 2 is 1.69 bits per heavy atom. The van der Waals surface area contributed by atoms with Gasteiger partial charge in [-0.25, -0.2) is 0 Å². The zero-order valence-electron chi connectivity index (χ0n) is 17.9. The minimum atomic E-state index is -0.737. The van der Waals surface area contributed by atoms with Crippen LogP contribution in [0.3, 0.4) is 0 Å². The first-order valence-electron chi connectivity index (χ1n) is 10.7. The molecule has 3 N–H and O–H groups in total. The van der Waals surface area contributed by atoms with E-state index < -0.39 is 5.97 Å². The molecular weight excluding hydrogens is 432 g/mol. The van der Waals surface area contributed by atoms with Crippen LogP contribution in [0, 0.1) is 12.8 Å². The Morgan fingerprint density at radius 3 is 2.31 bits per heavy atom. The van der Waals surface area contributed by atoms with Crippen LogP contribution in [0.2, 0.25) is 5.02 Å². The highest BCUT2D eigenvalue weighted by atomic mass is 35.5. The van der Waals surface area contributed by atoms with Gasteiger partial charge in [-0.2, -0.15) is 0 Å². The first-order valence-corrected chi connectivity index (χ1v) is 11.0. The van der Waals surface area contributed by atoms with Gasteiger partial charge in [-0.05, 0) is 74.6 Å². The van der Waals surface area contributed by atoms with Crippen LogP contribution in [0.25, 0.3) is 0 Å². The van der Waals surface area contributed by atoms with Gasteiger partial charge in [0.1, 0.15) is 5.75 Å². The fraction of sp³-hybridized carbons (Fsp3) is 0.375. The maximum absolute atomic E-state index is 12.5. The lowest BCUT2D eigenvalue weighted by atomic mass is 9.87. The molecule has 0 unspecified atom stereocenters. The second kappa shape index (κ2) is 11.0. The van der Waals surface area contributed by atoms with Crippen molar-refractivity contribution in [3.63, 3.8) is 0 Å². The second-order valence-corrected chi connectivity index (χ2v) is 8.37. The third kappa shape index (κ3) is 6.47. The molecule has 0 radical (unpaired) electrons. The number of carbonyl (C=O) groups excluding carboxylic acids is 2. The number of carboxylic acid groups (broad SMARTS) is 1. The van der Waals surface area contributed by atoms with Crippen LogP contribution in [0.4, 0.5) is 0 Å². The van der Waals surface area contributed by atoms with E-state index in [0.717, 1.165) is 5.56 Å². The number of carbonyl (C=O) groups is 3. The standard InChI is InChI=1S/C24H27ClN2O5/c1-15-13-20(32-19-7-5-16(6-8-19)24(30)31)9-10-21(15)23(29)27-12-11-26-22(28)17-3-2-4-18(25)14-17/h2-4,9-10,13-14,16,19H,5-8,11-12H2,1H3,(H,26,28)(H,27,29)(H,30,31)/t16-,19+. The molecule has 1 saturated carbocycles. The van der Waals surface area contributed by atoms with E-state index in [2.05, 4.69) is 10.6 Å². The van der Waals surface area contributed by atoms with Crippen molar-refractivity contribution in [3.8, 4) is 5.75 Å². The third-order valence-corrected chi connectivity index (χ3v) is 5.79. The maximum Gasteiger partial charge on any atom is 0.306 e. The normalized spacial score (nSPS) is 17.9. The van der Waals surface area contributed by atoms with Crippen LogP contribution in [0.1, 0.15) is 52.0 Å². The van der Waals surface area contributed by atoms with Crippen molar-refractivity contribution in [3.05, 3.63) is 64.2 Å². The van der Waals surface area contributed by atoms with Crippen LogP contribution in [0.15, 0.2) is 42.5 Å². The number of aryl methyl sites for hydroxylation is 1. The van der Waals surface area contributed by atoms with Crippen LogP contribution >= 0.6 is 11.6 Å². The van der Waals surface area contributed by atoms with Gasteiger partial charge in [0, 0.05) is 29.2 Å². The van der Waals surface area contributed by atoms with Crippen LogP contribution in [-0.2, 0) is 4.79 Å². The molecule has 170 valence electrons. The predicted molar refractivity (Wildman–Crippen MR) is 121 cm³/mol. The van der Waals surface area contributed by atoms with Gasteiger partial charge in [0.05, 0.1) is 12.0 Å². The first-order chi connectivity index (χ1) is 15.3. The van der Waals surface area contributed by atoms with E-state index in [1.165, 1.54) is 0 Å². The summed E-state index contributed by atoms with van der Waals surface area (Å²) in [6, 6.07) is 11.9. The summed E-state index contributed by atoms with van der Waals surface area (Å²) in [6.07, 6.45) is 2.65. The van der Waals surface area contributed by atoms with Crippen molar-refractivity contribution in [2.75, 3.05) is 13.1 Å². The summed E-state index contributed by atoms with van der Waals surface area (Å²) in [6.45, 7) is 2.41. The molecule has 2 aromatic rings. The van der Waals surface area contributed by atoms with Gasteiger partial charge in [0.15, 0.2) is 0 Å². The first kappa shape index (κ1) is 23.6. The summed E-state index contributed by atoms with van der Waals surface area (Å²) in [5.74, 6) is -0.826. The predicted octanol–water partition coefficient (Wildman–Crippen LogP) is 3.83. The van der Waals surface area contributed by atoms with E-state index in [0.29, 0.717) is 47.6 Å². The van der Waals surface area contributed by atoms with Gasteiger partial charge in [-0.15, -0.1) is 0 Å². The number of amides is 2. The number of benzene rings is 2. The quantitative estimate of drug-likeness (QED) is 0.521. The number of hydrogen-bond acceptors (Lipinski definition) is 4.